The van der Waals surface area contributed by atoms with E-state index in [1.165, 1.54) is 233 Å². The van der Waals surface area contributed by atoms with Gasteiger partial charge in [0.2, 0.25) is 0 Å². The van der Waals surface area contributed by atoms with Crippen molar-refractivity contribution in [1.82, 2.24) is 0 Å². The molecule has 0 saturated carbocycles. The van der Waals surface area contributed by atoms with E-state index in [9.17, 15) is 0 Å². The zero-order valence-electron chi connectivity index (χ0n) is 78.6. The molecule has 668 valence electrons. The first-order chi connectivity index (χ1) is 71.4. The minimum absolute atomic E-state index is 1.14. The summed E-state index contributed by atoms with van der Waals surface area (Å²) in [7, 11) is 0. The molecule has 0 radical (unpaired) electrons. The van der Waals surface area contributed by atoms with Gasteiger partial charge in [0.25, 0.3) is 0 Å². The molecule has 144 heavy (non-hydrogen) atoms. The molecule has 0 unspecified atom stereocenters. The molecule has 0 N–H and O–H groups in total. The van der Waals surface area contributed by atoms with Crippen molar-refractivity contribution in [1.29, 1.82) is 0 Å². The summed E-state index contributed by atoms with van der Waals surface area (Å²) in [5, 5.41) is 22.1. The molecule has 2 aromatic heterocycles. The van der Waals surface area contributed by atoms with E-state index >= 15 is 0 Å². The molecule has 0 aliphatic carbocycles. The van der Waals surface area contributed by atoms with Gasteiger partial charge >= 0.3 is 0 Å². The van der Waals surface area contributed by atoms with Crippen LogP contribution in [0.3, 0.4) is 0 Å². The normalized spacial score (nSPS) is 11.8. The molecule has 0 aliphatic rings. The van der Waals surface area contributed by atoms with Gasteiger partial charge in [0, 0.05) is 40.3 Å². The summed E-state index contributed by atoms with van der Waals surface area (Å²) in [6.45, 7) is 0. The van der Waals surface area contributed by atoms with E-state index in [-0.39, 0.29) is 0 Å². The molecule has 0 aliphatic heterocycles. The SMILES string of the molecule is c1ccc(-c2cccc(-c3c4ccccc4c(-c4cccc(-c5cccc(-c6cccc(-c7cccc(-c8c9ccccc9c(-c9ccc(-c%10ccc(-c%11c%12ccccc%12c(-c%12ccccc%12-c%12cccc%13ccccc%12%13)c%12ccc(-c%13ccccc%13)cc%11%12)cc%10)cc9-c9ccccc9)c9ccc(-c%10cccc%11sc%12ccccc%12c%10%11)cc89)c7)c6)c5)c4)c4ccc(-c5cccc6sc7ccccc7c56)cc34)c2)cc1. The topological polar surface area (TPSA) is 0 Å². The van der Waals surface area contributed by atoms with Gasteiger partial charge in [-0.3, -0.25) is 0 Å². The number of thiophene rings is 2. The number of rotatable bonds is 16. The molecule has 0 spiro atoms. The first-order valence-electron chi connectivity index (χ1n) is 49.7. The van der Waals surface area contributed by atoms with Gasteiger partial charge in [0.05, 0.1) is 0 Å². The van der Waals surface area contributed by atoms with E-state index in [1.807, 2.05) is 22.7 Å². The second kappa shape index (κ2) is 35.1. The minimum Gasteiger partial charge on any atom is -0.135 e. The van der Waals surface area contributed by atoms with Crippen LogP contribution in [0.15, 0.2) is 534 Å². The number of benzene rings is 26. The van der Waals surface area contributed by atoms with Crippen LogP contribution >= 0.6 is 22.7 Å². The summed E-state index contributed by atoms with van der Waals surface area (Å²) in [5.41, 5.74) is 37.9. The molecule has 0 atom stereocenters. The van der Waals surface area contributed by atoms with Crippen LogP contribution in [0.4, 0.5) is 0 Å². The molecule has 0 nitrogen and oxygen atoms in total. The van der Waals surface area contributed by atoms with Gasteiger partial charge in [-0.2, -0.15) is 0 Å². The Morgan fingerprint density at radius 3 is 0.819 bits per heavy atom. The highest BCUT2D eigenvalue weighted by molar-refractivity contribution is 7.26. The summed E-state index contributed by atoms with van der Waals surface area (Å²) in [4.78, 5) is 0. The lowest BCUT2D eigenvalue weighted by Crippen LogP contribution is -1.95. The van der Waals surface area contributed by atoms with E-state index in [0.717, 1.165) is 61.2 Å². The molecular formula is C142H88S2. The van der Waals surface area contributed by atoms with Crippen molar-refractivity contribution in [2.24, 2.45) is 0 Å². The van der Waals surface area contributed by atoms with Crippen LogP contribution in [-0.2, 0) is 0 Å². The molecule has 0 bridgehead atoms. The van der Waals surface area contributed by atoms with Gasteiger partial charge in [-0.15, -0.1) is 22.7 Å². The van der Waals surface area contributed by atoms with Crippen molar-refractivity contribution in [3.63, 3.8) is 0 Å². The summed E-state index contributed by atoms with van der Waals surface area (Å²) in [5.74, 6) is 0. The van der Waals surface area contributed by atoms with Gasteiger partial charge in [-0.25, -0.2) is 0 Å². The monoisotopic (exact) mass is 1860 g/mol. The molecule has 28 aromatic rings. The number of hydrogen-bond acceptors (Lipinski definition) is 2. The summed E-state index contributed by atoms with van der Waals surface area (Å²) in [6.07, 6.45) is 0. The second-order valence-corrected chi connectivity index (χ2v) is 40.3. The fraction of sp³-hybridized carbons (Fsp3) is 0. The Kier molecular flexibility index (Phi) is 20.5. The zero-order valence-corrected chi connectivity index (χ0v) is 80.3. The Balaban J connectivity index is 0.558. The molecule has 0 fully saturated rings. The van der Waals surface area contributed by atoms with E-state index < -0.39 is 0 Å². The molecule has 0 saturated heterocycles. The lowest BCUT2D eigenvalue weighted by Gasteiger charge is -2.22. The van der Waals surface area contributed by atoms with Crippen LogP contribution in [0.25, 0.3) is 294 Å². The lowest BCUT2D eigenvalue weighted by atomic mass is 9.81. The third-order valence-corrected chi connectivity index (χ3v) is 32.3. The highest BCUT2D eigenvalue weighted by Crippen LogP contribution is 2.55. The van der Waals surface area contributed by atoms with Crippen molar-refractivity contribution < 1.29 is 0 Å². The highest BCUT2D eigenvalue weighted by Gasteiger charge is 2.28. The van der Waals surface area contributed by atoms with Gasteiger partial charge in [-0.1, -0.05) is 455 Å². The molecule has 26 aromatic carbocycles. The Labute approximate surface area is 843 Å². The van der Waals surface area contributed by atoms with Crippen molar-refractivity contribution in [3.8, 4) is 178 Å². The van der Waals surface area contributed by atoms with Crippen LogP contribution in [0.5, 0.6) is 0 Å². The number of hydrogen-bond donors (Lipinski definition) is 0. The minimum atomic E-state index is 1.14. The van der Waals surface area contributed by atoms with Crippen LogP contribution in [-0.4, -0.2) is 0 Å². The fourth-order valence-corrected chi connectivity index (χ4v) is 25.8. The van der Waals surface area contributed by atoms with Crippen molar-refractivity contribution in [3.05, 3.63) is 534 Å². The molecule has 0 amide bonds. The standard InChI is InChI=1S/C142H88S2/c1-4-32-89(33-5-1)95-40-26-48-107(82-95)137-116-54-15-14-53-115(116)136(122-78-74-104(87-129(122)137)110-61-30-66-133-141(110)125-59-20-22-64-131(125)143-133)106-47-27-45-100(83-106)98-43-24-41-96(80-98)97-42-25-44-99(81-97)101-46-28-49-108(84-101)138-118-56-17-19-58-120(118)140(124-79-75-105(88-130(124)138)111-62-31-67-134-142(111)126-60-21-23-65-132(126)144-134)121-76-72-102(85-127(121)93-36-8-3-9-37-93)91-68-70-94(71-69-91)135-117-55-16-18-57-119(117)139(123-77-73-103(86-128(123)135)90-34-6-2-7-35-90)114-52-13-12-51-113(114)112-63-29-39-92-38-10-11-50-109(92)112/h1-88H. The van der Waals surface area contributed by atoms with Crippen LogP contribution < -0.4 is 0 Å². The summed E-state index contributed by atoms with van der Waals surface area (Å²) < 4.78 is 5.17. The first kappa shape index (κ1) is 84.1. The maximum absolute atomic E-state index is 2.52. The third-order valence-electron chi connectivity index (χ3n) is 30.0. The zero-order chi connectivity index (χ0) is 94.8. The van der Waals surface area contributed by atoms with E-state index in [4.69, 9.17) is 0 Å². The predicted molar refractivity (Wildman–Crippen MR) is 622 cm³/mol. The predicted octanol–water partition coefficient (Wildman–Crippen LogP) is 41.2. The third kappa shape index (κ3) is 14.4. The maximum Gasteiger partial charge on any atom is 0.0361 e. The molecular weight excluding hydrogens is 1770 g/mol. The molecule has 2 heteroatoms. The van der Waals surface area contributed by atoms with Gasteiger partial charge in [0.1, 0.15) is 0 Å². The largest absolute Gasteiger partial charge is 0.135 e. The van der Waals surface area contributed by atoms with Crippen LogP contribution in [0.1, 0.15) is 0 Å². The van der Waals surface area contributed by atoms with Gasteiger partial charge < -0.3 is 0 Å². The smallest absolute Gasteiger partial charge is 0.0361 e. The first-order valence-corrected chi connectivity index (χ1v) is 51.3. The Hall–Kier alpha value is -18.0. The average molecular weight is 1860 g/mol. The Bertz CT molecular complexity index is 10100. The highest BCUT2D eigenvalue weighted by atomic mass is 32.1. The van der Waals surface area contributed by atoms with Crippen molar-refractivity contribution in [2.75, 3.05) is 0 Å². The van der Waals surface area contributed by atoms with E-state index in [1.54, 1.807) is 0 Å². The lowest BCUT2D eigenvalue weighted by molar-refractivity contribution is 1.57. The fourth-order valence-electron chi connectivity index (χ4n) is 23.5. The van der Waals surface area contributed by atoms with Gasteiger partial charge in [-0.05, 0) is 332 Å². The van der Waals surface area contributed by atoms with Crippen LogP contribution in [0, 0.1) is 0 Å². The van der Waals surface area contributed by atoms with E-state index in [2.05, 4.69) is 534 Å². The maximum atomic E-state index is 2.52. The average Bonchev–Trinajstić information content (AvgIpc) is 0.862. The van der Waals surface area contributed by atoms with E-state index in [0.29, 0.717) is 0 Å². The second-order valence-electron chi connectivity index (χ2n) is 38.1. The number of fused-ring (bicyclic) bond motifs is 13. The van der Waals surface area contributed by atoms with Crippen molar-refractivity contribution >= 4 is 138 Å². The van der Waals surface area contributed by atoms with Crippen molar-refractivity contribution in [2.45, 2.75) is 0 Å². The Morgan fingerprint density at radius 1 is 0.0972 bits per heavy atom. The Morgan fingerprint density at radius 2 is 0.347 bits per heavy atom. The van der Waals surface area contributed by atoms with Crippen LogP contribution in [0.2, 0.25) is 0 Å². The molecule has 28 rings (SSSR count). The summed E-state index contributed by atoms with van der Waals surface area (Å²) >= 11 is 3.74. The molecule has 2 heterocycles. The quantitative estimate of drug-likeness (QED) is 0.0846. The van der Waals surface area contributed by atoms with Gasteiger partial charge in [0.15, 0.2) is 0 Å². The summed E-state index contributed by atoms with van der Waals surface area (Å²) in [6, 6.07) is 201.